The summed E-state index contributed by atoms with van der Waals surface area (Å²) in [7, 11) is 2.97. The summed E-state index contributed by atoms with van der Waals surface area (Å²) in [6.07, 6.45) is 3.18. The zero-order chi connectivity index (χ0) is 23.4. The van der Waals surface area contributed by atoms with Crippen LogP contribution >= 0.6 is 0 Å². The molecule has 0 atom stereocenters. The van der Waals surface area contributed by atoms with Gasteiger partial charge in [0.15, 0.2) is 23.2 Å². The van der Waals surface area contributed by atoms with Crippen LogP contribution in [0.25, 0.3) is 11.1 Å². The number of hydrogen-bond acceptors (Lipinski definition) is 3. The van der Waals surface area contributed by atoms with Crippen molar-refractivity contribution in [1.29, 1.82) is 0 Å². The molecule has 3 aromatic carbocycles. The highest BCUT2D eigenvalue weighted by molar-refractivity contribution is 5.65. The summed E-state index contributed by atoms with van der Waals surface area (Å²) in [5.74, 6) is -0.491. The number of halogens is 3. The van der Waals surface area contributed by atoms with Crippen molar-refractivity contribution in [3.8, 4) is 28.4 Å². The lowest BCUT2D eigenvalue weighted by Crippen LogP contribution is -2.20. The molecule has 33 heavy (non-hydrogen) atoms. The third-order valence-electron chi connectivity index (χ3n) is 6.41. The Morgan fingerprint density at radius 3 is 2.09 bits per heavy atom. The summed E-state index contributed by atoms with van der Waals surface area (Å²) in [4.78, 5) is 0. The van der Waals surface area contributed by atoms with Crippen LogP contribution in [-0.4, -0.2) is 20.8 Å². The molecule has 6 heteroatoms. The number of benzene rings is 3. The Kier molecular flexibility index (Phi) is 7.11. The monoisotopic (exact) mass is 456 g/mol. The molecule has 1 aliphatic carbocycles. The summed E-state index contributed by atoms with van der Waals surface area (Å²) >= 11 is 0. The smallest absolute Gasteiger partial charge is 0.168 e. The van der Waals surface area contributed by atoms with Crippen LogP contribution in [0, 0.1) is 23.4 Å². The summed E-state index contributed by atoms with van der Waals surface area (Å²) in [6.45, 7) is 0.464. The lowest BCUT2D eigenvalue weighted by atomic mass is 9.78. The first-order valence-corrected chi connectivity index (χ1v) is 11.1. The molecule has 0 bridgehead atoms. The van der Waals surface area contributed by atoms with Crippen molar-refractivity contribution in [3.05, 3.63) is 77.6 Å². The molecule has 174 valence electrons. The fourth-order valence-corrected chi connectivity index (χ4v) is 4.46. The minimum atomic E-state index is -0.815. The molecule has 4 rings (SSSR count). The first kappa shape index (κ1) is 23.0. The van der Waals surface area contributed by atoms with Gasteiger partial charge < -0.3 is 14.2 Å². The predicted octanol–water partition coefficient (Wildman–Crippen LogP) is 7.14. The molecular weight excluding hydrogens is 429 g/mol. The van der Waals surface area contributed by atoms with Crippen molar-refractivity contribution in [2.24, 2.45) is 5.92 Å². The average Bonchev–Trinajstić information content (AvgIpc) is 2.85. The second-order valence-electron chi connectivity index (χ2n) is 8.38. The Morgan fingerprint density at radius 1 is 0.758 bits per heavy atom. The Labute approximate surface area is 192 Å². The molecule has 0 amide bonds. The summed E-state index contributed by atoms with van der Waals surface area (Å²) in [5, 5.41) is 0. The van der Waals surface area contributed by atoms with E-state index in [2.05, 4.69) is 0 Å². The summed E-state index contributed by atoms with van der Waals surface area (Å²) in [5.41, 5.74) is 1.28. The van der Waals surface area contributed by atoms with Gasteiger partial charge in [0.25, 0.3) is 0 Å². The maximum Gasteiger partial charge on any atom is 0.168 e. The third-order valence-corrected chi connectivity index (χ3v) is 6.41. The normalized spacial score (nSPS) is 18.1. The van der Waals surface area contributed by atoms with Gasteiger partial charge in [-0.1, -0.05) is 24.3 Å². The van der Waals surface area contributed by atoms with Crippen LogP contribution in [0.2, 0.25) is 0 Å². The van der Waals surface area contributed by atoms with E-state index in [1.54, 1.807) is 49.6 Å². The molecule has 1 fully saturated rings. The molecule has 0 heterocycles. The first-order chi connectivity index (χ1) is 16.0. The van der Waals surface area contributed by atoms with Gasteiger partial charge in [-0.25, -0.2) is 13.2 Å². The Hall–Kier alpha value is -3.15. The van der Waals surface area contributed by atoms with Gasteiger partial charge >= 0.3 is 0 Å². The molecule has 0 radical (unpaired) electrons. The molecule has 0 spiro atoms. The van der Waals surface area contributed by atoms with Crippen LogP contribution < -0.4 is 14.2 Å². The van der Waals surface area contributed by atoms with Crippen LogP contribution in [0.1, 0.15) is 37.2 Å². The van der Waals surface area contributed by atoms with E-state index in [4.69, 9.17) is 14.2 Å². The van der Waals surface area contributed by atoms with Gasteiger partial charge in [-0.05, 0) is 72.9 Å². The van der Waals surface area contributed by atoms with Crippen LogP contribution in [0.5, 0.6) is 17.2 Å². The van der Waals surface area contributed by atoms with E-state index in [1.807, 2.05) is 0 Å². The zero-order valence-electron chi connectivity index (χ0n) is 18.7. The van der Waals surface area contributed by atoms with Crippen molar-refractivity contribution in [2.75, 3.05) is 20.8 Å². The van der Waals surface area contributed by atoms with Crippen LogP contribution in [-0.2, 0) is 0 Å². The van der Waals surface area contributed by atoms with Crippen LogP contribution in [0.15, 0.2) is 54.6 Å². The molecular formula is C27H27F3O3. The molecule has 3 nitrogen and oxygen atoms in total. The van der Waals surface area contributed by atoms with E-state index in [9.17, 15) is 13.2 Å². The SMILES string of the molecule is COc1ccc(-c2ccc(C3CCC(COc4ccc(OC)c(F)c4)CC3)c(F)c2F)cc1. The second-order valence-corrected chi connectivity index (χ2v) is 8.38. The number of hydrogen-bond donors (Lipinski definition) is 0. The van der Waals surface area contributed by atoms with E-state index in [0.29, 0.717) is 29.2 Å². The minimum absolute atomic E-state index is 0.0286. The van der Waals surface area contributed by atoms with Gasteiger partial charge in [-0.2, -0.15) is 0 Å². The van der Waals surface area contributed by atoms with Crippen LogP contribution in [0.3, 0.4) is 0 Å². The highest BCUT2D eigenvalue weighted by Gasteiger charge is 2.27. The van der Waals surface area contributed by atoms with Crippen molar-refractivity contribution < 1.29 is 27.4 Å². The maximum atomic E-state index is 15.0. The molecule has 3 aromatic rings. The molecule has 0 saturated heterocycles. The lowest BCUT2D eigenvalue weighted by Gasteiger charge is -2.29. The van der Waals surface area contributed by atoms with E-state index in [0.717, 1.165) is 25.7 Å². The standard InChI is InChI=1S/C27H27F3O3/c1-31-20-9-7-19(8-10-20)23-13-12-22(26(29)27(23)30)18-5-3-17(4-6-18)16-33-21-11-14-25(32-2)24(28)15-21/h7-15,17-18H,3-6,16H2,1-2H3. The summed E-state index contributed by atoms with van der Waals surface area (Å²) < 4.78 is 59.5. The first-order valence-electron chi connectivity index (χ1n) is 11.1. The summed E-state index contributed by atoms with van der Waals surface area (Å²) in [6, 6.07) is 14.8. The van der Waals surface area contributed by atoms with Crippen molar-refractivity contribution in [3.63, 3.8) is 0 Å². The average molecular weight is 457 g/mol. The highest BCUT2D eigenvalue weighted by atomic mass is 19.2. The third kappa shape index (κ3) is 5.10. The Morgan fingerprint density at radius 2 is 1.45 bits per heavy atom. The van der Waals surface area contributed by atoms with E-state index < -0.39 is 17.5 Å². The van der Waals surface area contributed by atoms with Crippen molar-refractivity contribution >= 4 is 0 Å². The minimum Gasteiger partial charge on any atom is -0.497 e. The van der Waals surface area contributed by atoms with Gasteiger partial charge in [0.2, 0.25) is 0 Å². The van der Waals surface area contributed by atoms with Crippen molar-refractivity contribution in [2.45, 2.75) is 31.6 Å². The molecule has 0 unspecified atom stereocenters. The topological polar surface area (TPSA) is 27.7 Å². The molecule has 1 aliphatic rings. The zero-order valence-corrected chi connectivity index (χ0v) is 18.7. The molecule has 1 saturated carbocycles. The largest absolute Gasteiger partial charge is 0.497 e. The van der Waals surface area contributed by atoms with E-state index in [-0.39, 0.29) is 23.1 Å². The fourth-order valence-electron chi connectivity index (χ4n) is 4.46. The van der Waals surface area contributed by atoms with Gasteiger partial charge in [-0.3, -0.25) is 0 Å². The number of ether oxygens (including phenoxy) is 3. The molecule has 0 N–H and O–H groups in total. The van der Waals surface area contributed by atoms with E-state index >= 15 is 0 Å². The molecule has 0 aliphatic heterocycles. The molecule has 0 aromatic heterocycles. The predicted molar refractivity (Wildman–Crippen MR) is 121 cm³/mol. The van der Waals surface area contributed by atoms with Gasteiger partial charge in [0, 0.05) is 11.6 Å². The van der Waals surface area contributed by atoms with Gasteiger partial charge in [0.05, 0.1) is 20.8 Å². The fraction of sp³-hybridized carbons (Fsp3) is 0.333. The van der Waals surface area contributed by atoms with Gasteiger partial charge in [-0.15, -0.1) is 0 Å². The highest BCUT2D eigenvalue weighted by Crippen LogP contribution is 2.39. The van der Waals surface area contributed by atoms with Crippen molar-refractivity contribution in [1.82, 2.24) is 0 Å². The van der Waals surface area contributed by atoms with E-state index in [1.165, 1.54) is 19.2 Å². The maximum absolute atomic E-state index is 15.0. The Bertz CT molecular complexity index is 1090. The van der Waals surface area contributed by atoms with Crippen LogP contribution in [0.4, 0.5) is 13.2 Å². The quantitative estimate of drug-likeness (QED) is 0.378. The lowest BCUT2D eigenvalue weighted by molar-refractivity contribution is 0.198. The second kappa shape index (κ2) is 10.2. The number of rotatable bonds is 7. The number of methoxy groups -OCH3 is 2. The van der Waals surface area contributed by atoms with Gasteiger partial charge in [0.1, 0.15) is 11.5 Å². The Balaban J connectivity index is 1.37.